The summed E-state index contributed by atoms with van der Waals surface area (Å²) in [7, 11) is 0. The maximum atomic E-state index is 4.56. The lowest BCUT2D eigenvalue weighted by Gasteiger charge is -2.32. The molecule has 1 aromatic rings. The van der Waals surface area contributed by atoms with Crippen molar-refractivity contribution in [1.82, 2.24) is 9.97 Å². The number of nitrogens with one attached hydrogen (secondary N) is 1. The monoisotopic (exact) mass is 248 g/mol. The standard InChI is InChI=1S/C14H24N4/c1-3-5-12-7-10-18(11-8-12)13-6-9-16-14(17-13)15-4-2/h6,9,12H,3-5,7-8,10-11H2,1-2H3,(H,15,16,17). The Kier molecular flexibility index (Phi) is 4.79. The Morgan fingerprint density at radius 1 is 1.33 bits per heavy atom. The van der Waals surface area contributed by atoms with Gasteiger partial charge in [0.1, 0.15) is 5.82 Å². The zero-order chi connectivity index (χ0) is 12.8. The van der Waals surface area contributed by atoms with E-state index >= 15 is 0 Å². The maximum Gasteiger partial charge on any atom is 0.224 e. The second kappa shape index (κ2) is 6.57. The van der Waals surface area contributed by atoms with Crippen molar-refractivity contribution in [3.05, 3.63) is 12.3 Å². The van der Waals surface area contributed by atoms with Gasteiger partial charge in [0.2, 0.25) is 5.95 Å². The van der Waals surface area contributed by atoms with Gasteiger partial charge in [0.05, 0.1) is 0 Å². The van der Waals surface area contributed by atoms with Crippen molar-refractivity contribution in [1.29, 1.82) is 0 Å². The predicted molar refractivity (Wildman–Crippen MR) is 76.0 cm³/mol. The SMILES string of the molecule is CCCC1CCN(c2ccnc(NCC)n2)CC1. The molecule has 18 heavy (non-hydrogen) atoms. The fourth-order valence-electron chi connectivity index (χ4n) is 2.63. The third-order valence-corrected chi connectivity index (χ3v) is 3.61. The topological polar surface area (TPSA) is 41.1 Å². The van der Waals surface area contributed by atoms with E-state index in [-0.39, 0.29) is 0 Å². The van der Waals surface area contributed by atoms with E-state index in [1.807, 2.05) is 12.3 Å². The van der Waals surface area contributed by atoms with Crippen molar-refractivity contribution in [3.8, 4) is 0 Å². The first-order valence-electron chi connectivity index (χ1n) is 7.15. The number of piperidine rings is 1. The van der Waals surface area contributed by atoms with E-state index in [0.29, 0.717) is 0 Å². The molecule has 1 saturated heterocycles. The van der Waals surface area contributed by atoms with Crippen LogP contribution < -0.4 is 10.2 Å². The molecule has 0 spiro atoms. The molecule has 100 valence electrons. The molecule has 1 aromatic heterocycles. The molecule has 0 atom stereocenters. The second-order valence-corrected chi connectivity index (χ2v) is 4.99. The highest BCUT2D eigenvalue weighted by atomic mass is 15.2. The van der Waals surface area contributed by atoms with E-state index < -0.39 is 0 Å². The van der Waals surface area contributed by atoms with Crippen LogP contribution in [0.4, 0.5) is 11.8 Å². The molecule has 0 unspecified atom stereocenters. The van der Waals surface area contributed by atoms with Gasteiger partial charge >= 0.3 is 0 Å². The van der Waals surface area contributed by atoms with E-state index in [1.165, 1.54) is 25.7 Å². The van der Waals surface area contributed by atoms with Gasteiger partial charge in [-0.05, 0) is 31.7 Å². The Hall–Kier alpha value is -1.32. The van der Waals surface area contributed by atoms with Crippen molar-refractivity contribution in [2.24, 2.45) is 5.92 Å². The summed E-state index contributed by atoms with van der Waals surface area (Å²) in [6, 6.07) is 2.01. The number of rotatable bonds is 5. The molecular formula is C14H24N4. The summed E-state index contributed by atoms with van der Waals surface area (Å²) >= 11 is 0. The molecule has 1 aliphatic rings. The largest absolute Gasteiger partial charge is 0.356 e. The average Bonchev–Trinajstić information content (AvgIpc) is 2.41. The van der Waals surface area contributed by atoms with Gasteiger partial charge in [-0.1, -0.05) is 19.8 Å². The Bertz CT molecular complexity index is 359. The van der Waals surface area contributed by atoms with Gasteiger partial charge in [0.15, 0.2) is 0 Å². The van der Waals surface area contributed by atoms with Crippen LogP contribution in [0.25, 0.3) is 0 Å². The van der Waals surface area contributed by atoms with Crippen LogP contribution in [0.1, 0.15) is 39.5 Å². The summed E-state index contributed by atoms with van der Waals surface area (Å²) in [6.07, 6.45) is 7.13. The number of aromatic nitrogens is 2. The van der Waals surface area contributed by atoms with Crippen LogP contribution in [0.2, 0.25) is 0 Å². The summed E-state index contributed by atoms with van der Waals surface area (Å²) < 4.78 is 0. The summed E-state index contributed by atoms with van der Waals surface area (Å²) in [5.41, 5.74) is 0. The van der Waals surface area contributed by atoms with Crippen LogP contribution in [0.5, 0.6) is 0 Å². The molecule has 2 rings (SSSR count). The predicted octanol–water partition coefficient (Wildman–Crippen LogP) is 2.92. The third-order valence-electron chi connectivity index (χ3n) is 3.61. The summed E-state index contributed by atoms with van der Waals surface area (Å²) in [5, 5.41) is 3.17. The van der Waals surface area contributed by atoms with Crippen molar-refractivity contribution in [2.45, 2.75) is 39.5 Å². The van der Waals surface area contributed by atoms with Gasteiger partial charge in [-0.2, -0.15) is 4.98 Å². The Morgan fingerprint density at radius 2 is 2.11 bits per heavy atom. The molecule has 4 heteroatoms. The minimum absolute atomic E-state index is 0.741. The van der Waals surface area contributed by atoms with Gasteiger partial charge in [-0.25, -0.2) is 4.98 Å². The first-order valence-corrected chi connectivity index (χ1v) is 7.15. The molecule has 0 aliphatic carbocycles. The maximum absolute atomic E-state index is 4.56. The van der Waals surface area contributed by atoms with Crippen molar-refractivity contribution >= 4 is 11.8 Å². The van der Waals surface area contributed by atoms with Crippen molar-refractivity contribution in [3.63, 3.8) is 0 Å². The van der Waals surface area contributed by atoms with E-state index in [1.54, 1.807) is 0 Å². The second-order valence-electron chi connectivity index (χ2n) is 4.99. The van der Waals surface area contributed by atoms with Gasteiger partial charge in [-0.3, -0.25) is 0 Å². The fraction of sp³-hybridized carbons (Fsp3) is 0.714. The van der Waals surface area contributed by atoms with Gasteiger partial charge in [-0.15, -0.1) is 0 Å². The average molecular weight is 248 g/mol. The summed E-state index contributed by atoms with van der Waals surface area (Å²) in [5.74, 6) is 2.72. The molecule has 0 saturated carbocycles. The highest BCUT2D eigenvalue weighted by Gasteiger charge is 2.19. The number of nitrogens with zero attached hydrogens (tertiary/aromatic N) is 3. The fourth-order valence-corrected chi connectivity index (χ4v) is 2.63. The van der Waals surface area contributed by atoms with E-state index in [4.69, 9.17) is 0 Å². The minimum Gasteiger partial charge on any atom is -0.356 e. The van der Waals surface area contributed by atoms with Crippen LogP contribution in [0, 0.1) is 5.92 Å². The molecule has 0 bridgehead atoms. The third kappa shape index (κ3) is 3.34. The van der Waals surface area contributed by atoms with Crippen molar-refractivity contribution < 1.29 is 0 Å². The number of anilines is 2. The molecule has 0 amide bonds. The first kappa shape index (κ1) is 13.1. The van der Waals surface area contributed by atoms with Crippen molar-refractivity contribution in [2.75, 3.05) is 29.9 Å². The molecule has 1 fully saturated rings. The first-order chi connectivity index (χ1) is 8.83. The zero-order valence-corrected chi connectivity index (χ0v) is 11.5. The Morgan fingerprint density at radius 3 is 2.78 bits per heavy atom. The molecular weight excluding hydrogens is 224 g/mol. The van der Waals surface area contributed by atoms with Crippen LogP contribution >= 0.6 is 0 Å². The Labute approximate surface area is 110 Å². The lowest BCUT2D eigenvalue weighted by molar-refractivity contribution is 0.377. The highest BCUT2D eigenvalue weighted by molar-refractivity contribution is 5.42. The molecule has 1 N–H and O–H groups in total. The number of hydrogen-bond donors (Lipinski definition) is 1. The smallest absolute Gasteiger partial charge is 0.224 e. The van der Waals surface area contributed by atoms with Gasteiger partial charge < -0.3 is 10.2 Å². The number of hydrogen-bond acceptors (Lipinski definition) is 4. The molecule has 4 nitrogen and oxygen atoms in total. The molecule has 2 heterocycles. The molecule has 1 aliphatic heterocycles. The van der Waals surface area contributed by atoms with Gasteiger partial charge in [0.25, 0.3) is 0 Å². The van der Waals surface area contributed by atoms with E-state index in [2.05, 4.69) is 34.0 Å². The lowest BCUT2D eigenvalue weighted by Crippen LogP contribution is -2.34. The zero-order valence-electron chi connectivity index (χ0n) is 11.5. The van der Waals surface area contributed by atoms with E-state index in [9.17, 15) is 0 Å². The normalized spacial score (nSPS) is 16.9. The summed E-state index contributed by atoms with van der Waals surface area (Å²) in [6.45, 7) is 7.47. The lowest BCUT2D eigenvalue weighted by atomic mass is 9.92. The quantitative estimate of drug-likeness (QED) is 0.870. The highest BCUT2D eigenvalue weighted by Crippen LogP contribution is 2.24. The molecule has 0 aromatic carbocycles. The van der Waals surface area contributed by atoms with Crippen LogP contribution in [-0.4, -0.2) is 29.6 Å². The summed E-state index contributed by atoms with van der Waals surface area (Å²) in [4.78, 5) is 11.2. The van der Waals surface area contributed by atoms with Gasteiger partial charge in [0, 0.05) is 25.8 Å². The van der Waals surface area contributed by atoms with Crippen LogP contribution in [0.3, 0.4) is 0 Å². The Balaban J connectivity index is 1.94. The van der Waals surface area contributed by atoms with Crippen LogP contribution in [-0.2, 0) is 0 Å². The van der Waals surface area contributed by atoms with E-state index in [0.717, 1.165) is 37.3 Å². The van der Waals surface area contributed by atoms with Crippen LogP contribution in [0.15, 0.2) is 12.3 Å². The minimum atomic E-state index is 0.741. The molecule has 0 radical (unpaired) electrons.